The number of methoxy groups -OCH3 is 4. The third kappa shape index (κ3) is 5.62. The predicted octanol–water partition coefficient (Wildman–Crippen LogP) is 8.60. The summed E-state index contributed by atoms with van der Waals surface area (Å²) in [6.07, 6.45) is 0. The van der Waals surface area contributed by atoms with Crippen LogP contribution < -0.4 is 29.3 Å². The molecule has 1 heterocycles. The molecule has 4 nitrogen and oxygen atoms in total. The Morgan fingerprint density at radius 3 is 0.837 bits per heavy atom. The highest BCUT2D eigenvalue weighted by Crippen LogP contribution is 2.55. The van der Waals surface area contributed by atoms with Crippen molar-refractivity contribution in [1.29, 1.82) is 0 Å². The van der Waals surface area contributed by atoms with Crippen LogP contribution >= 0.6 is 0 Å². The van der Waals surface area contributed by atoms with E-state index in [9.17, 15) is 0 Å². The van der Waals surface area contributed by atoms with Gasteiger partial charge in [-0.25, -0.2) is 0 Å². The molecule has 0 aromatic heterocycles. The molecule has 1 aliphatic heterocycles. The van der Waals surface area contributed by atoms with Gasteiger partial charge in [-0.15, -0.1) is 0 Å². The minimum absolute atomic E-state index is 0.813. The van der Waals surface area contributed by atoms with Crippen LogP contribution in [0.1, 0.15) is 22.3 Å². The summed E-state index contributed by atoms with van der Waals surface area (Å²) in [5.74, 6) is 3.26. The van der Waals surface area contributed by atoms with E-state index in [1.54, 1.807) is 28.4 Å². The minimum atomic E-state index is -3.10. The quantitative estimate of drug-likeness (QED) is 0.138. The van der Waals surface area contributed by atoms with Gasteiger partial charge in [-0.1, -0.05) is 109 Å². The van der Waals surface area contributed by atoms with Crippen LogP contribution in [0.5, 0.6) is 23.0 Å². The zero-order chi connectivity index (χ0) is 33.8. The van der Waals surface area contributed by atoms with Crippen molar-refractivity contribution in [2.24, 2.45) is 0 Å². The van der Waals surface area contributed by atoms with Gasteiger partial charge < -0.3 is 18.9 Å². The van der Waals surface area contributed by atoms with Crippen LogP contribution in [-0.4, -0.2) is 36.5 Å². The smallest absolute Gasteiger partial charge is 0.182 e. The number of hydrogen-bond donors (Lipinski definition) is 0. The molecule has 1 aliphatic rings. The third-order valence-corrected chi connectivity index (χ3v) is 14.4. The van der Waals surface area contributed by atoms with Crippen molar-refractivity contribution >= 4 is 40.0 Å². The largest absolute Gasteiger partial charge is 0.497 e. The molecule has 6 aromatic rings. The summed E-state index contributed by atoms with van der Waals surface area (Å²) in [5, 5.41) is 5.23. The maximum Gasteiger partial charge on any atom is 0.182 e. The van der Waals surface area contributed by atoms with E-state index < -0.39 is 8.07 Å². The van der Waals surface area contributed by atoms with Gasteiger partial charge in [0.25, 0.3) is 0 Å². The average Bonchev–Trinajstić information content (AvgIpc) is 3.51. The number of rotatable bonds is 10. The molecular formula is C44H38O4Si. The molecule has 5 heteroatoms. The first-order valence-electron chi connectivity index (χ1n) is 16.3. The molecule has 0 radical (unpaired) electrons. The van der Waals surface area contributed by atoms with E-state index in [0.29, 0.717) is 0 Å². The standard InChI is InChI=1S/C44H38O4Si/c1-45-35-23-15-31(16-24-35)41-42(32-17-25-36(46-2)26-18-32)44(34-21-29-38(48-4)30-22-34)49(39-11-7-5-8-12-39,40-13-9-6-10-14-40)43(41)33-19-27-37(47-3)28-20-33/h5-30H,1-4H3. The van der Waals surface area contributed by atoms with Gasteiger partial charge in [-0.05, 0) is 103 Å². The van der Waals surface area contributed by atoms with Crippen molar-refractivity contribution in [2.75, 3.05) is 28.4 Å². The highest BCUT2D eigenvalue weighted by atomic mass is 28.3. The van der Waals surface area contributed by atoms with Crippen molar-refractivity contribution in [2.45, 2.75) is 0 Å². The second kappa shape index (κ2) is 13.8. The summed E-state index contributed by atoms with van der Waals surface area (Å²) < 4.78 is 22.6. The molecule has 6 aromatic carbocycles. The second-order valence-corrected chi connectivity index (χ2v) is 15.6. The molecule has 0 atom stereocenters. The lowest BCUT2D eigenvalue weighted by Crippen LogP contribution is -2.59. The molecule has 0 spiro atoms. The number of ether oxygens (including phenoxy) is 4. The normalized spacial score (nSPS) is 13.7. The monoisotopic (exact) mass is 658 g/mol. The van der Waals surface area contributed by atoms with Crippen molar-refractivity contribution in [3.8, 4) is 23.0 Å². The van der Waals surface area contributed by atoms with E-state index in [-0.39, 0.29) is 0 Å². The van der Waals surface area contributed by atoms with Crippen LogP contribution in [0.2, 0.25) is 0 Å². The molecule has 0 aliphatic carbocycles. The first-order chi connectivity index (χ1) is 24.1. The topological polar surface area (TPSA) is 36.9 Å². The van der Waals surface area contributed by atoms with Gasteiger partial charge in [0.1, 0.15) is 23.0 Å². The molecule has 242 valence electrons. The van der Waals surface area contributed by atoms with E-state index in [4.69, 9.17) is 18.9 Å². The van der Waals surface area contributed by atoms with Gasteiger partial charge in [-0.2, -0.15) is 0 Å². The molecular weight excluding hydrogens is 621 g/mol. The van der Waals surface area contributed by atoms with Gasteiger partial charge in [-0.3, -0.25) is 0 Å². The lowest BCUT2D eigenvalue weighted by Gasteiger charge is -2.36. The van der Waals surface area contributed by atoms with Gasteiger partial charge in [0.15, 0.2) is 8.07 Å². The highest BCUT2D eigenvalue weighted by Gasteiger charge is 2.53. The molecule has 0 bridgehead atoms. The fourth-order valence-corrected chi connectivity index (χ4v) is 12.8. The van der Waals surface area contributed by atoms with Gasteiger partial charge in [0.05, 0.1) is 28.4 Å². The van der Waals surface area contributed by atoms with Crippen LogP contribution in [0.15, 0.2) is 158 Å². The van der Waals surface area contributed by atoms with E-state index >= 15 is 0 Å². The summed E-state index contributed by atoms with van der Waals surface area (Å²) >= 11 is 0. The van der Waals surface area contributed by atoms with Crippen molar-refractivity contribution in [3.63, 3.8) is 0 Å². The lowest BCUT2D eigenvalue weighted by atomic mass is 9.89. The number of hydrogen-bond acceptors (Lipinski definition) is 4. The van der Waals surface area contributed by atoms with E-state index in [0.717, 1.165) is 45.3 Å². The van der Waals surface area contributed by atoms with Crippen molar-refractivity contribution in [1.82, 2.24) is 0 Å². The summed E-state index contributed by atoms with van der Waals surface area (Å²) in [5.41, 5.74) is 6.93. The van der Waals surface area contributed by atoms with Crippen LogP contribution in [-0.2, 0) is 0 Å². The Bertz CT molecular complexity index is 1940. The fourth-order valence-electron chi connectivity index (χ4n) is 7.20. The summed E-state index contributed by atoms with van der Waals surface area (Å²) in [4.78, 5) is 0. The zero-order valence-corrected chi connectivity index (χ0v) is 29.1. The van der Waals surface area contributed by atoms with E-state index in [2.05, 4.69) is 158 Å². The van der Waals surface area contributed by atoms with Crippen LogP contribution in [0.25, 0.3) is 21.5 Å². The molecule has 0 saturated heterocycles. The SMILES string of the molecule is COc1ccc(C2=C(c3ccc(OC)cc3)[Si](c3ccccc3)(c3ccccc3)C(c3ccc(OC)cc3)=C2c2ccc(OC)cc2)cc1. The molecule has 0 N–H and O–H groups in total. The van der Waals surface area contributed by atoms with Gasteiger partial charge in [0.2, 0.25) is 0 Å². The second-order valence-electron chi connectivity index (χ2n) is 11.9. The summed E-state index contributed by atoms with van der Waals surface area (Å²) in [7, 11) is 3.74. The average molecular weight is 659 g/mol. The Morgan fingerprint density at radius 2 is 0.571 bits per heavy atom. The molecule has 7 rings (SSSR count). The van der Waals surface area contributed by atoms with Crippen molar-refractivity contribution < 1.29 is 18.9 Å². The first-order valence-corrected chi connectivity index (χ1v) is 18.3. The highest BCUT2D eigenvalue weighted by molar-refractivity contribution is 7.29. The van der Waals surface area contributed by atoms with Crippen LogP contribution in [0.3, 0.4) is 0 Å². The summed E-state index contributed by atoms with van der Waals surface area (Å²) in [6, 6.07) is 56.3. The minimum Gasteiger partial charge on any atom is -0.497 e. The molecule has 0 fully saturated rings. The van der Waals surface area contributed by atoms with Crippen LogP contribution in [0.4, 0.5) is 0 Å². The Hall–Kier alpha value is -5.78. The van der Waals surface area contributed by atoms with Gasteiger partial charge in [0, 0.05) is 0 Å². The molecule has 0 saturated carbocycles. The Balaban J connectivity index is 1.73. The van der Waals surface area contributed by atoms with E-state index in [1.165, 1.54) is 31.9 Å². The predicted molar refractivity (Wildman–Crippen MR) is 204 cm³/mol. The fraction of sp³-hybridized carbons (Fsp3) is 0.0909. The van der Waals surface area contributed by atoms with E-state index in [1.807, 2.05) is 0 Å². The number of allylic oxidation sites excluding steroid dienone is 2. The Kier molecular flexibility index (Phi) is 8.92. The molecule has 49 heavy (non-hydrogen) atoms. The third-order valence-electron chi connectivity index (χ3n) is 9.43. The molecule has 0 amide bonds. The maximum absolute atomic E-state index is 5.66. The summed E-state index contributed by atoms with van der Waals surface area (Å²) in [6.45, 7) is 0. The Morgan fingerprint density at radius 1 is 0.306 bits per heavy atom. The lowest BCUT2D eigenvalue weighted by molar-refractivity contribution is 0.414. The van der Waals surface area contributed by atoms with Crippen LogP contribution in [0, 0.1) is 0 Å². The van der Waals surface area contributed by atoms with Gasteiger partial charge >= 0.3 is 0 Å². The van der Waals surface area contributed by atoms with Crippen molar-refractivity contribution in [3.05, 3.63) is 180 Å². The molecule has 0 unspecified atom stereocenters. The maximum atomic E-state index is 5.66. The Labute approximate surface area is 289 Å². The number of benzene rings is 6. The first kappa shape index (κ1) is 31.8. The zero-order valence-electron chi connectivity index (χ0n) is 28.1.